The fourth-order valence-corrected chi connectivity index (χ4v) is 4.73. The monoisotopic (exact) mass is 323 g/mol. The van der Waals surface area contributed by atoms with Crippen LogP contribution in [0.25, 0.3) is 0 Å². The molecule has 0 bridgehead atoms. The summed E-state index contributed by atoms with van der Waals surface area (Å²) in [6.45, 7) is 4.80. The number of anilines is 1. The Morgan fingerprint density at radius 1 is 1.14 bits per heavy atom. The number of benzene rings is 1. The van der Waals surface area contributed by atoms with Crippen molar-refractivity contribution in [1.82, 2.24) is 9.03 Å². The molecule has 0 unspecified atom stereocenters. The Kier molecular flexibility index (Phi) is 4.70. The molecule has 2 aliphatic rings. The maximum atomic E-state index is 12.3. The van der Waals surface area contributed by atoms with Crippen LogP contribution in [0.2, 0.25) is 0 Å². The second kappa shape index (κ2) is 6.56. The summed E-state index contributed by atoms with van der Waals surface area (Å²) in [6, 6.07) is 8.54. The second-order valence-electron chi connectivity index (χ2n) is 6.23. The number of nitrogens with zero attached hydrogens (tertiary/aromatic N) is 2. The van der Waals surface area contributed by atoms with Crippen molar-refractivity contribution in [2.75, 3.05) is 31.1 Å². The first-order chi connectivity index (χ1) is 10.6. The fourth-order valence-electron chi connectivity index (χ4n) is 3.35. The Labute approximate surface area is 133 Å². The van der Waals surface area contributed by atoms with Crippen molar-refractivity contribution >= 4 is 15.9 Å². The van der Waals surface area contributed by atoms with E-state index < -0.39 is 10.2 Å². The van der Waals surface area contributed by atoms with Crippen LogP contribution in [0.15, 0.2) is 24.3 Å². The topological polar surface area (TPSA) is 52.7 Å². The molecule has 2 aliphatic heterocycles. The number of piperidine rings is 1. The van der Waals surface area contributed by atoms with Gasteiger partial charge < -0.3 is 4.90 Å². The molecule has 1 saturated heterocycles. The van der Waals surface area contributed by atoms with Crippen molar-refractivity contribution in [3.63, 3.8) is 0 Å². The van der Waals surface area contributed by atoms with E-state index in [0.29, 0.717) is 19.6 Å². The van der Waals surface area contributed by atoms with E-state index in [9.17, 15) is 8.42 Å². The molecule has 0 aromatic heterocycles. The van der Waals surface area contributed by atoms with Crippen molar-refractivity contribution in [3.8, 4) is 0 Å². The Morgan fingerprint density at radius 2 is 1.86 bits per heavy atom. The van der Waals surface area contributed by atoms with Gasteiger partial charge >= 0.3 is 0 Å². The van der Waals surface area contributed by atoms with Crippen LogP contribution in [0.4, 0.5) is 5.69 Å². The maximum absolute atomic E-state index is 12.3. The van der Waals surface area contributed by atoms with Gasteiger partial charge in [-0.3, -0.25) is 0 Å². The molecule has 1 fully saturated rings. The molecule has 0 aliphatic carbocycles. The van der Waals surface area contributed by atoms with Gasteiger partial charge in [-0.2, -0.15) is 12.7 Å². The molecule has 0 saturated carbocycles. The lowest BCUT2D eigenvalue weighted by Crippen LogP contribution is -2.48. The largest absolute Gasteiger partial charge is 0.367 e. The molecule has 6 heteroatoms. The van der Waals surface area contributed by atoms with Gasteiger partial charge in [0.1, 0.15) is 0 Å². The van der Waals surface area contributed by atoms with Crippen LogP contribution in [-0.4, -0.2) is 44.9 Å². The van der Waals surface area contributed by atoms with Gasteiger partial charge in [-0.25, -0.2) is 4.72 Å². The first-order valence-corrected chi connectivity index (χ1v) is 9.61. The molecular weight excluding hydrogens is 298 g/mol. The van der Waals surface area contributed by atoms with Crippen LogP contribution in [0.3, 0.4) is 0 Å². The van der Waals surface area contributed by atoms with Gasteiger partial charge in [0, 0.05) is 37.9 Å². The van der Waals surface area contributed by atoms with Crippen molar-refractivity contribution in [1.29, 1.82) is 0 Å². The zero-order valence-corrected chi connectivity index (χ0v) is 14.0. The van der Waals surface area contributed by atoms with E-state index in [1.165, 1.54) is 11.3 Å². The van der Waals surface area contributed by atoms with Crippen molar-refractivity contribution < 1.29 is 8.42 Å². The molecule has 2 heterocycles. The van der Waals surface area contributed by atoms with Gasteiger partial charge in [-0.15, -0.1) is 0 Å². The Hall–Kier alpha value is -1.11. The summed E-state index contributed by atoms with van der Waals surface area (Å²) >= 11 is 0. The van der Waals surface area contributed by atoms with E-state index in [1.54, 1.807) is 4.31 Å². The Balaban J connectivity index is 1.60. The van der Waals surface area contributed by atoms with Gasteiger partial charge in [0.2, 0.25) is 0 Å². The molecule has 0 spiro atoms. The van der Waals surface area contributed by atoms with E-state index in [0.717, 1.165) is 32.2 Å². The quantitative estimate of drug-likeness (QED) is 0.898. The highest BCUT2D eigenvalue weighted by Crippen LogP contribution is 2.29. The fraction of sp³-hybridized carbons (Fsp3) is 0.625. The zero-order valence-electron chi connectivity index (χ0n) is 13.2. The summed E-state index contributed by atoms with van der Waals surface area (Å²) in [5, 5.41) is 0. The van der Waals surface area contributed by atoms with Crippen LogP contribution in [0.1, 0.15) is 31.7 Å². The number of rotatable bonds is 5. The zero-order chi connectivity index (χ0) is 15.6. The minimum atomic E-state index is -3.33. The van der Waals surface area contributed by atoms with Gasteiger partial charge in [0.15, 0.2) is 0 Å². The maximum Gasteiger partial charge on any atom is 0.279 e. The first kappa shape index (κ1) is 15.8. The van der Waals surface area contributed by atoms with Gasteiger partial charge in [0.25, 0.3) is 10.2 Å². The van der Waals surface area contributed by atoms with Crippen molar-refractivity contribution in [2.24, 2.45) is 0 Å². The molecule has 5 nitrogen and oxygen atoms in total. The third-order valence-corrected chi connectivity index (χ3v) is 6.25. The summed E-state index contributed by atoms with van der Waals surface area (Å²) in [7, 11) is -3.33. The summed E-state index contributed by atoms with van der Waals surface area (Å²) < 4.78 is 29.1. The number of hydrogen-bond donors (Lipinski definition) is 1. The molecule has 1 N–H and O–H groups in total. The van der Waals surface area contributed by atoms with Crippen LogP contribution >= 0.6 is 0 Å². The highest BCUT2D eigenvalue weighted by molar-refractivity contribution is 7.87. The number of fused-ring (bicyclic) bond motifs is 1. The average Bonchev–Trinajstić information content (AvgIpc) is 2.98. The predicted octanol–water partition coefficient (Wildman–Crippen LogP) is 1.76. The van der Waals surface area contributed by atoms with Gasteiger partial charge in [-0.1, -0.05) is 24.6 Å². The van der Waals surface area contributed by atoms with E-state index in [2.05, 4.69) is 34.7 Å². The second-order valence-corrected chi connectivity index (χ2v) is 7.99. The lowest BCUT2D eigenvalue weighted by molar-refractivity contribution is 0.341. The minimum absolute atomic E-state index is 0.156. The molecule has 0 radical (unpaired) electrons. The lowest BCUT2D eigenvalue weighted by atomic mass is 10.2. The van der Waals surface area contributed by atoms with E-state index in [4.69, 9.17) is 0 Å². The van der Waals surface area contributed by atoms with Crippen LogP contribution in [0.5, 0.6) is 0 Å². The molecule has 0 amide bonds. The number of hydrogen-bond acceptors (Lipinski definition) is 3. The lowest BCUT2D eigenvalue weighted by Gasteiger charge is -2.30. The summed E-state index contributed by atoms with van der Waals surface area (Å²) in [5.41, 5.74) is 2.60. The van der Waals surface area contributed by atoms with Gasteiger partial charge in [0.05, 0.1) is 0 Å². The van der Waals surface area contributed by atoms with Crippen LogP contribution in [0, 0.1) is 0 Å². The smallest absolute Gasteiger partial charge is 0.279 e. The van der Waals surface area contributed by atoms with E-state index in [1.807, 2.05) is 6.07 Å². The average molecular weight is 323 g/mol. The minimum Gasteiger partial charge on any atom is -0.367 e. The Bertz CT molecular complexity index is 612. The highest BCUT2D eigenvalue weighted by atomic mass is 32.2. The first-order valence-electron chi connectivity index (χ1n) is 8.17. The summed E-state index contributed by atoms with van der Waals surface area (Å²) in [4.78, 5) is 2.30. The SMILES string of the molecule is C[C@H](CNS(=O)(=O)N1CCCCC1)N1CCc2ccccc21. The van der Waals surface area contributed by atoms with Gasteiger partial charge in [-0.05, 0) is 37.8 Å². The normalized spacial score (nSPS) is 20.9. The number of para-hydroxylation sites is 1. The van der Waals surface area contributed by atoms with E-state index >= 15 is 0 Å². The van der Waals surface area contributed by atoms with Crippen molar-refractivity contribution in [3.05, 3.63) is 29.8 Å². The molecule has 1 aromatic rings. The highest BCUT2D eigenvalue weighted by Gasteiger charge is 2.27. The molecule has 1 atom stereocenters. The van der Waals surface area contributed by atoms with Crippen molar-refractivity contribution in [2.45, 2.75) is 38.6 Å². The summed E-state index contributed by atoms with van der Waals surface area (Å²) in [5.74, 6) is 0. The molecule has 3 rings (SSSR count). The third kappa shape index (κ3) is 3.29. The van der Waals surface area contributed by atoms with E-state index in [-0.39, 0.29) is 6.04 Å². The summed E-state index contributed by atoms with van der Waals surface area (Å²) in [6.07, 6.45) is 4.11. The molecular formula is C16H25N3O2S. The molecule has 122 valence electrons. The van der Waals surface area contributed by atoms with Crippen LogP contribution in [-0.2, 0) is 16.6 Å². The van der Waals surface area contributed by atoms with Crippen LogP contribution < -0.4 is 9.62 Å². The standard InChI is InChI=1S/C16H25N3O2S/c1-14(19-12-9-15-7-3-4-8-16(15)19)13-17-22(20,21)18-10-5-2-6-11-18/h3-4,7-8,14,17H,2,5-6,9-13H2,1H3/t14-/m1/s1. The Morgan fingerprint density at radius 3 is 2.64 bits per heavy atom. The molecule has 22 heavy (non-hydrogen) atoms. The molecule has 1 aromatic carbocycles. The predicted molar refractivity (Wildman–Crippen MR) is 89.3 cm³/mol. The third-order valence-electron chi connectivity index (χ3n) is 4.67. The number of nitrogens with one attached hydrogen (secondary N) is 1.